The largest absolute Gasteiger partial charge is 0.315 e. The van der Waals surface area contributed by atoms with Crippen molar-refractivity contribution < 1.29 is 0 Å². The van der Waals surface area contributed by atoms with Gasteiger partial charge in [0.15, 0.2) is 0 Å². The van der Waals surface area contributed by atoms with Crippen molar-refractivity contribution in [1.82, 2.24) is 10.2 Å². The molecule has 0 amide bonds. The molecule has 0 saturated carbocycles. The molecule has 1 heterocycles. The summed E-state index contributed by atoms with van der Waals surface area (Å²) < 4.78 is 0. The Morgan fingerprint density at radius 1 is 1.44 bits per heavy atom. The second kappa shape index (κ2) is 7.70. The van der Waals surface area contributed by atoms with Gasteiger partial charge in [0.2, 0.25) is 0 Å². The lowest BCUT2D eigenvalue weighted by molar-refractivity contribution is 0.148. The normalized spacial score (nSPS) is 22.2. The Morgan fingerprint density at radius 2 is 2.25 bits per heavy atom. The zero-order valence-corrected chi connectivity index (χ0v) is 10.8. The number of hydrogen-bond acceptors (Lipinski definition) is 2. The van der Waals surface area contributed by atoms with Crippen molar-refractivity contribution in [3.8, 4) is 12.3 Å². The zero-order chi connectivity index (χ0) is 11.8. The quantitative estimate of drug-likeness (QED) is 0.693. The number of rotatable bonds is 6. The molecule has 92 valence electrons. The monoisotopic (exact) mass is 222 g/mol. The molecule has 1 unspecified atom stereocenters. The van der Waals surface area contributed by atoms with Crippen molar-refractivity contribution in [3.63, 3.8) is 0 Å². The van der Waals surface area contributed by atoms with Crippen molar-refractivity contribution >= 4 is 0 Å². The molecule has 1 saturated heterocycles. The van der Waals surface area contributed by atoms with Gasteiger partial charge in [0.25, 0.3) is 0 Å². The molecular formula is C14H26N2. The predicted octanol–water partition coefficient (Wildman–Crippen LogP) is 2.11. The summed E-state index contributed by atoms with van der Waals surface area (Å²) in [4.78, 5) is 2.57. The molecule has 1 aliphatic rings. The summed E-state index contributed by atoms with van der Waals surface area (Å²) in [6, 6.07) is 0.709. The average molecular weight is 222 g/mol. The van der Waals surface area contributed by atoms with Gasteiger partial charge in [-0.05, 0) is 31.8 Å². The summed E-state index contributed by atoms with van der Waals surface area (Å²) in [5.41, 5.74) is 0. The maximum atomic E-state index is 5.34. The molecule has 0 aromatic rings. The summed E-state index contributed by atoms with van der Waals surface area (Å²) in [6.07, 6.45) is 10.3. The van der Waals surface area contributed by atoms with Gasteiger partial charge in [-0.15, -0.1) is 12.3 Å². The number of nitrogens with zero attached hydrogens (tertiary/aromatic N) is 1. The Bertz CT molecular complexity index is 217. The first-order valence-corrected chi connectivity index (χ1v) is 6.62. The van der Waals surface area contributed by atoms with Crippen LogP contribution in [-0.2, 0) is 0 Å². The Morgan fingerprint density at radius 3 is 2.94 bits per heavy atom. The molecule has 0 bridgehead atoms. The van der Waals surface area contributed by atoms with E-state index in [0.29, 0.717) is 6.04 Å². The number of nitrogens with one attached hydrogen (secondary N) is 1. The molecule has 2 nitrogen and oxygen atoms in total. The van der Waals surface area contributed by atoms with Crippen LogP contribution in [0.3, 0.4) is 0 Å². The molecule has 0 radical (unpaired) electrons. The summed E-state index contributed by atoms with van der Waals surface area (Å²) in [5, 5.41) is 3.57. The molecule has 0 aromatic heterocycles. The molecule has 1 rings (SSSR count). The van der Waals surface area contributed by atoms with Gasteiger partial charge < -0.3 is 5.32 Å². The van der Waals surface area contributed by atoms with E-state index in [4.69, 9.17) is 6.42 Å². The fraction of sp³-hybridized carbons (Fsp3) is 0.857. The van der Waals surface area contributed by atoms with E-state index in [-0.39, 0.29) is 0 Å². The summed E-state index contributed by atoms with van der Waals surface area (Å²) in [6.45, 7) is 9.07. The third kappa shape index (κ3) is 5.01. The minimum atomic E-state index is 0.709. The fourth-order valence-electron chi connectivity index (χ4n) is 2.33. The molecule has 1 atom stereocenters. The molecule has 0 aromatic carbocycles. The van der Waals surface area contributed by atoms with Crippen LogP contribution < -0.4 is 5.32 Å². The topological polar surface area (TPSA) is 15.3 Å². The van der Waals surface area contributed by atoms with Crippen LogP contribution in [0.4, 0.5) is 0 Å². The van der Waals surface area contributed by atoms with Crippen molar-refractivity contribution in [2.45, 2.75) is 45.6 Å². The lowest BCUT2D eigenvalue weighted by atomic mass is 10.0. The summed E-state index contributed by atoms with van der Waals surface area (Å²) in [5.74, 6) is 3.49. The highest BCUT2D eigenvalue weighted by Crippen LogP contribution is 2.16. The van der Waals surface area contributed by atoms with E-state index in [0.717, 1.165) is 32.0 Å². The first-order valence-electron chi connectivity index (χ1n) is 6.62. The highest BCUT2D eigenvalue weighted by molar-refractivity contribution is 4.87. The van der Waals surface area contributed by atoms with Crippen LogP contribution in [0.5, 0.6) is 0 Å². The van der Waals surface area contributed by atoms with Crippen LogP contribution in [0.25, 0.3) is 0 Å². The average Bonchev–Trinajstić information content (AvgIpc) is 2.27. The number of piperidine rings is 1. The first kappa shape index (κ1) is 13.5. The Balaban J connectivity index is 2.26. The van der Waals surface area contributed by atoms with Crippen LogP contribution >= 0.6 is 0 Å². The minimum absolute atomic E-state index is 0.709. The van der Waals surface area contributed by atoms with Crippen molar-refractivity contribution in [3.05, 3.63) is 0 Å². The van der Waals surface area contributed by atoms with Crippen LogP contribution in [0, 0.1) is 18.3 Å². The van der Waals surface area contributed by atoms with E-state index in [1.54, 1.807) is 0 Å². The second-order valence-corrected chi connectivity index (χ2v) is 5.19. The molecule has 0 aliphatic carbocycles. The lowest BCUT2D eigenvalue weighted by Gasteiger charge is -2.35. The first-order chi connectivity index (χ1) is 7.74. The van der Waals surface area contributed by atoms with E-state index >= 15 is 0 Å². The third-order valence-corrected chi connectivity index (χ3v) is 3.22. The van der Waals surface area contributed by atoms with Gasteiger partial charge >= 0.3 is 0 Å². The third-order valence-electron chi connectivity index (χ3n) is 3.22. The van der Waals surface area contributed by atoms with E-state index in [1.165, 1.54) is 25.8 Å². The van der Waals surface area contributed by atoms with E-state index in [2.05, 4.69) is 30.0 Å². The van der Waals surface area contributed by atoms with Crippen LogP contribution in [0.1, 0.15) is 39.5 Å². The Hall–Kier alpha value is -0.520. The van der Waals surface area contributed by atoms with Crippen molar-refractivity contribution in [1.29, 1.82) is 0 Å². The molecule has 2 heteroatoms. The molecule has 1 N–H and O–H groups in total. The summed E-state index contributed by atoms with van der Waals surface area (Å²) in [7, 11) is 0. The van der Waals surface area contributed by atoms with Gasteiger partial charge in [0, 0.05) is 25.6 Å². The van der Waals surface area contributed by atoms with Gasteiger partial charge in [0.05, 0.1) is 0 Å². The molecule has 16 heavy (non-hydrogen) atoms. The standard InChI is InChI=1S/C14H26N2/c1-4-5-9-16-10-7-6-8-14(16)12-15-11-13(2)3/h1,13-15H,5-12H2,2-3H3. The minimum Gasteiger partial charge on any atom is -0.315 e. The van der Waals surface area contributed by atoms with E-state index in [1.807, 2.05) is 0 Å². The highest BCUT2D eigenvalue weighted by atomic mass is 15.2. The van der Waals surface area contributed by atoms with Crippen LogP contribution in [0.15, 0.2) is 0 Å². The number of likely N-dealkylation sites (tertiary alicyclic amines) is 1. The predicted molar refractivity (Wildman–Crippen MR) is 70.4 cm³/mol. The fourth-order valence-corrected chi connectivity index (χ4v) is 2.33. The van der Waals surface area contributed by atoms with Gasteiger partial charge in [-0.25, -0.2) is 0 Å². The Kier molecular flexibility index (Phi) is 6.52. The number of terminal acetylenes is 1. The van der Waals surface area contributed by atoms with Crippen molar-refractivity contribution in [2.75, 3.05) is 26.2 Å². The van der Waals surface area contributed by atoms with Crippen molar-refractivity contribution in [2.24, 2.45) is 5.92 Å². The SMILES string of the molecule is C#CCCN1CCCCC1CNCC(C)C. The highest BCUT2D eigenvalue weighted by Gasteiger charge is 2.21. The zero-order valence-electron chi connectivity index (χ0n) is 10.8. The second-order valence-electron chi connectivity index (χ2n) is 5.19. The van der Waals surface area contributed by atoms with Gasteiger partial charge in [-0.1, -0.05) is 20.3 Å². The lowest BCUT2D eigenvalue weighted by Crippen LogP contribution is -2.46. The van der Waals surface area contributed by atoms with Gasteiger partial charge in [-0.2, -0.15) is 0 Å². The maximum Gasteiger partial charge on any atom is 0.0221 e. The van der Waals surface area contributed by atoms with Crippen LogP contribution in [0.2, 0.25) is 0 Å². The van der Waals surface area contributed by atoms with E-state index in [9.17, 15) is 0 Å². The maximum absolute atomic E-state index is 5.34. The van der Waals surface area contributed by atoms with Crippen LogP contribution in [-0.4, -0.2) is 37.1 Å². The molecule has 0 spiro atoms. The number of hydrogen-bond donors (Lipinski definition) is 1. The molecule has 1 aliphatic heterocycles. The molecular weight excluding hydrogens is 196 g/mol. The smallest absolute Gasteiger partial charge is 0.0221 e. The molecule has 1 fully saturated rings. The Labute approximate surface area is 101 Å². The van der Waals surface area contributed by atoms with Gasteiger partial charge in [0.1, 0.15) is 0 Å². The summed E-state index contributed by atoms with van der Waals surface area (Å²) >= 11 is 0. The van der Waals surface area contributed by atoms with Gasteiger partial charge in [-0.3, -0.25) is 4.90 Å². The van der Waals surface area contributed by atoms with E-state index < -0.39 is 0 Å².